The van der Waals surface area contributed by atoms with Gasteiger partial charge in [0.1, 0.15) is 11.6 Å². The van der Waals surface area contributed by atoms with Gasteiger partial charge in [-0.25, -0.2) is 4.39 Å². The van der Waals surface area contributed by atoms with Gasteiger partial charge in [-0.3, -0.25) is 9.59 Å². The van der Waals surface area contributed by atoms with E-state index >= 15 is 0 Å². The smallest absolute Gasteiger partial charge is 0.225 e. The molecule has 2 aromatic rings. The van der Waals surface area contributed by atoms with Crippen LogP contribution in [-0.2, 0) is 22.7 Å². The number of carbonyl (C=O) groups excluding carboxylic acids is 2. The van der Waals surface area contributed by atoms with Crippen molar-refractivity contribution < 1.29 is 18.7 Å². The van der Waals surface area contributed by atoms with Crippen molar-refractivity contribution in [2.75, 3.05) is 13.7 Å². The molecule has 5 nitrogen and oxygen atoms in total. The number of aryl methyl sites for hydroxylation is 1. The number of likely N-dealkylation sites (tertiary alicyclic amines) is 1. The van der Waals surface area contributed by atoms with E-state index in [0.29, 0.717) is 37.1 Å². The summed E-state index contributed by atoms with van der Waals surface area (Å²) in [6, 6.07) is 12.5. The van der Waals surface area contributed by atoms with Crippen LogP contribution in [0.4, 0.5) is 4.39 Å². The van der Waals surface area contributed by atoms with Gasteiger partial charge in [0.05, 0.1) is 13.0 Å². The first-order chi connectivity index (χ1) is 13.5. The highest BCUT2D eigenvalue weighted by molar-refractivity contribution is 5.83. The number of hydrogen-bond donors (Lipinski definition) is 1. The summed E-state index contributed by atoms with van der Waals surface area (Å²) in [5.74, 6) is 0.0954. The van der Waals surface area contributed by atoms with Gasteiger partial charge in [-0.15, -0.1) is 0 Å². The fourth-order valence-electron chi connectivity index (χ4n) is 3.40. The molecule has 148 valence electrons. The second kappa shape index (κ2) is 8.87. The van der Waals surface area contributed by atoms with Crippen LogP contribution in [0.1, 0.15) is 29.5 Å². The first-order valence-corrected chi connectivity index (χ1v) is 9.40. The van der Waals surface area contributed by atoms with Gasteiger partial charge in [0.15, 0.2) is 0 Å². The molecule has 2 amide bonds. The summed E-state index contributed by atoms with van der Waals surface area (Å²) < 4.78 is 19.0. The molecule has 28 heavy (non-hydrogen) atoms. The van der Waals surface area contributed by atoms with Crippen molar-refractivity contribution >= 4 is 11.8 Å². The normalized spacial score (nSPS) is 16.8. The Hall–Kier alpha value is -2.89. The molecule has 0 aliphatic carbocycles. The summed E-state index contributed by atoms with van der Waals surface area (Å²) in [6.45, 7) is 2.75. The van der Waals surface area contributed by atoms with E-state index in [1.165, 1.54) is 6.07 Å². The number of ether oxygens (including phenoxy) is 1. The van der Waals surface area contributed by atoms with E-state index in [4.69, 9.17) is 4.74 Å². The molecule has 0 spiro atoms. The number of piperidine rings is 1. The maximum Gasteiger partial charge on any atom is 0.225 e. The molecule has 1 saturated heterocycles. The minimum atomic E-state index is -0.280. The van der Waals surface area contributed by atoms with Crippen molar-refractivity contribution in [1.29, 1.82) is 0 Å². The van der Waals surface area contributed by atoms with E-state index in [1.54, 1.807) is 31.1 Å². The van der Waals surface area contributed by atoms with Gasteiger partial charge in [-0.05, 0) is 36.6 Å². The zero-order valence-electron chi connectivity index (χ0n) is 16.2. The summed E-state index contributed by atoms with van der Waals surface area (Å²) in [6.07, 6.45) is 0.863. The van der Waals surface area contributed by atoms with E-state index < -0.39 is 0 Å². The van der Waals surface area contributed by atoms with Gasteiger partial charge in [0, 0.05) is 31.6 Å². The molecule has 1 fully saturated rings. The van der Waals surface area contributed by atoms with Crippen molar-refractivity contribution in [3.63, 3.8) is 0 Å². The number of carbonyl (C=O) groups is 2. The summed E-state index contributed by atoms with van der Waals surface area (Å²) in [5, 5.41) is 2.87. The highest BCUT2D eigenvalue weighted by atomic mass is 19.1. The molecule has 1 aliphatic rings. The second-order valence-electron chi connectivity index (χ2n) is 7.12. The van der Waals surface area contributed by atoms with E-state index in [2.05, 4.69) is 5.32 Å². The number of amides is 2. The van der Waals surface area contributed by atoms with E-state index in [0.717, 1.165) is 11.3 Å². The predicted molar refractivity (Wildman–Crippen MR) is 104 cm³/mol. The monoisotopic (exact) mass is 384 g/mol. The summed E-state index contributed by atoms with van der Waals surface area (Å²) >= 11 is 0. The number of benzene rings is 2. The van der Waals surface area contributed by atoms with Crippen molar-refractivity contribution in [3.8, 4) is 5.75 Å². The summed E-state index contributed by atoms with van der Waals surface area (Å²) in [4.78, 5) is 26.6. The van der Waals surface area contributed by atoms with Crippen LogP contribution in [0.2, 0.25) is 0 Å². The topological polar surface area (TPSA) is 58.6 Å². The van der Waals surface area contributed by atoms with Crippen molar-refractivity contribution in [2.45, 2.75) is 32.9 Å². The van der Waals surface area contributed by atoms with Gasteiger partial charge in [0.2, 0.25) is 11.8 Å². The highest BCUT2D eigenvalue weighted by Crippen LogP contribution is 2.24. The Morgan fingerprint density at radius 3 is 2.82 bits per heavy atom. The number of nitrogens with one attached hydrogen (secondary N) is 1. The lowest BCUT2D eigenvalue weighted by molar-refractivity contribution is -0.139. The van der Waals surface area contributed by atoms with Gasteiger partial charge < -0.3 is 15.0 Å². The Labute approximate surface area is 164 Å². The number of para-hydroxylation sites is 1. The summed E-state index contributed by atoms with van der Waals surface area (Å²) in [7, 11) is 1.60. The molecule has 1 atom stereocenters. The van der Waals surface area contributed by atoms with Crippen molar-refractivity contribution in [2.24, 2.45) is 5.92 Å². The number of nitrogens with zero attached hydrogens (tertiary/aromatic N) is 1. The molecule has 1 heterocycles. The molecule has 0 unspecified atom stereocenters. The van der Waals surface area contributed by atoms with Crippen molar-refractivity contribution in [1.82, 2.24) is 10.2 Å². The average molecular weight is 384 g/mol. The first-order valence-electron chi connectivity index (χ1n) is 9.40. The zero-order chi connectivity index (χ0) is 20.1. The molecule has 0 saturated carbocycles. The third-order valence-corrected chi connectivity index (χ3v) is 5.13. The molecule has 2 aromatic carbocycles. The van der Waals surface area contributed by atoms with Crippen LogP contribution in [0.5, 0.6) is 5.75 Å². The van der Waals surface area contributed by atoms with Gasteiger partial charge >= 0.3 is 0 Å². The fourth-order valence-corrected chi connectivity index (χ4v) is 3.40. The van der Waals surface area contributed by atoms with Crippen LogP contribution in [0, 0.1) is 18.7 Å². The Balaban J connectivity index is 1.60. The lowest BCUT2D eigenvalue weighted by Gasteiger charge is -2.32. The lowest BCUT2D eigenvalue weighted by Crippen LogP contribution is -2.45. The minimum absolute atomic E-state index is 0.0376. The zero-order valence-corrected chi connectivity index (χ0v) is 16.2. The molecular weight excluding hydrogens is 359 g/mol. The Morgan fingerprint density at radius 2 is 2.07 bits per heavy atom. The number of methoxy groups -OCH3 is 1. The Bertz CT molecular complexity index is 869. The maximum atomic E-state index is 13.7. The van der Waals surface area contributed by atoms with Gasteiger partial charge in [-0.1, -0.05) is 30.3 Å². The molecular formula is C22H25FN2O3. The van der Waals surface area contributed by atoms with Crippen LogP contribution in [-0.4, -0.2) is 30.4 Å². The largest absolute Gasteiger partial charge is 0.496 e. The second-order valence-corrected chi connectivity index (χ2v) is 7.12. The van der Waals surface area contributed by atoms with Crippen LogP contribution >= 0.6 is 0 Å². The van der Waals surface area contributed by atoms with Crippen molar-refractivity contribution in [3.05, 3.63) is 65.0 Å². The van der Waals surface area contributed by atoms with E-state index in [1.807, 2.05) is 24.3 Å². The maximum absolute atomic E-state index is 13.7. The molecule has 0 bridgehead atoms. The molecule has 6 heteroatoms. The molecule has 0 radical (unpaired) electrons. The molecule has 3 rings (SSSR count). The Morgan fingerprint density at radius 1 is 1.29 bits per heavy atom. The predicted octanol–water partition coefficient (Wildman–Crippen LogP) is 3.20. The fraction of sp³-hybridized carbons (Fsp3) is 0.364. The molecule has 1 aliphatic heterocycles. The van der Waals surface area contributed by atoms with E-state index in [-0.39, 0.29) is 30.1 Å². The average Bonchev–Trinajstić information content (AvgIpc) is 2.70. The van der Waals surface area contributed by atoms with Crippen LogP contribution < -0.4 is 10.1 Å². The number of hydrogen-bond acceptors (Lipinski definition) is 3. The Kier molecular flexibility index (Phi) is 6.29. The molecule has 0 aromatic heterocycles. The molecule has 1 N–H and O–H groups in total. The third-order valence-electron chi connectivity index (χ3n) is 5.13. The lowest BCUT2D eigenvalue weighted by atomic mass is 9.96. The van der Waals surface area contributed by atoms with Gasteiger partial charge in [0.25, 0.3) is 0 Å². The van der Waals surface area contributed by atoms with Gasteiger partial charge in [-0.2, -0.15) is 0 Å². The first kappa shape index (κ1) is 19.9. The quantitative estimate of drug-likeness (QED) is 0.832. The number of halogens is 1. The summed E-state index contributed by atoms with van der Waals surface area (Å²) in [5.41, 5.74) is 2.21. The van der Waals surface area contributed by atoms with Crippen LogP contribution in [0.15, 0.2) is 42.5 Å². The van der Waals surface area contributed by atoms with Crippen LogP contribution in [0.25, 0.3) is 0 Å². The van der Waals surface area contributed by atoms with Crippen LogP contribution in [0.3, 0.4) is 0 Å². The van der Waals surface area contributed by atoms with E-state index in [9.17, 15) is 14.0 Å². The SMILES string of the molecule is COc1ccccc1CN1C[C@H](C(=O)NCc2ccc(C)c(F)c2)CCC1=O. The number of rotatable bonds is 6. The highest BCUT2D eigenvalue weighted by Gasteiger charge is 2.30. The standard InChI is InChI=1S/C22H25FN2O3/c1-15-7-8-16(11-19(15)23)12-24-22(27)18-9-10-21(26)25(14-18)13-17-5-3-4-6-20(17)28-2/h3-8,11,18H,9-10,12-14H2,1-2H3,(H,24,27)/t18-/m1/s1. The minimum Gasteiger partial charge on any atom is -0.496 e. The third kappa shape index (κ3) is 4.68.